The zero-order valence-electron chi connectivity index (χ0n) is 15.0. The molecule has 0 unspecified atom stereocenters. The van der Waals surface area contributed by atoms with Crippen molar-refractivity contribution in [3.63, 3.8) is 0 Å². The van der Waals surface area contributed by atoms with Crippen molar-refractivity contribution in [3.8, 4) is 0 Å². The molecule has 0 radical (unpaired) electrons. The Morgan fingerprint density at radius 2 is 1.63 bits per heavy atom. The van der Waals surface area contributed by atoms with Crippen LogP contribution in [0.5, 0.6) is 0 Å². The zero-order chi connectivity index (χ0) is 19.4. The lowest BCUT2D eigenvalue weighted by atomic mass is 10.2. The highest BCUT2D eigenvalue weighted by molar-refractivity contribution is 7.92. The Morgan fingerprint density at radius 3 is 2.26 bits per heavy atom. The lowest BCUT2D eigenvalue weighted by Gasteiger charge is -2.19. The monoisotopic (exact) mass is 381 g/mol. The first-order chi connectivity index (χ1) is 12.9. The highest BCUT2D eigenvalue weighted by Crippen LogP contribution is 2.22. The zero-order valence-corrected chi connectivity index (χ0v) is 15.8. The largest absolute Gasteiger partial charge is 0.306 e. The van der Waals surface area contributed by atoms with Crippen LogP contribution in [0.4, 0.5) is 11.5 Å². The average Bonchev–Trinajstić information content (AvgIpc) is 2.70. The number of carbonyl (C=O) groups is 1. The van der Waals surface area contributed by atoms with Crippen LogP contribution in [-0.4, -0.2) is 26.4 Å². The van der Waals surface area contributed by atoms with E-state index in [0.717, 1.165) is 5.56 Å². The van der Waals surface area contributed by atoms with Crippen molar-refractivity contribution in [3.05, 3.63) is 84.1 Å². The van der Waals surface area contributed by atoms with Crippen LogP contribution in [0, 0.1) is 6.92 Å². The average molecular weight is 381 g/mol. The summed E-state index contributed by atoms with van der Waals surface area (Å²) in [6.45, 7) is 1.84. The van der Waals surface area contributed by atoms with Crippen LogP contribution in [0.1, 0.15) is 15.9 Å². The fourth-order valence-electron chi connectivity index (χ4n) is 2.51. The third-order valence-corrected chi connectivity index (χ3v) is 5.94. The van der Waals surface area contributed by atoms with Gasteiger partial charge in [0, 0.05) is 18.8 Å². The molecule has 7 heteroatoms. The maximum absolute atomic E-state index is 12.8. The van der Waals surface area contributed by atoms with Gasteiger partial charge in [0.2, 0.25) is 0 Å². The number of sulfonamides is 1. The normalized spacial score (nSPS) is 11.0. The molecule has 1 aromatic heterocycles. The van der Waals surface area contributed by atoms with Gasteiger partial charge in [0.05, 0.1) is 10.6 Å². The summed E-state index contributed by atoms with van der Waals surface area (Å²) >= 11 is 0. The molecule has 1 amide bonds. The molecule has 3 aromatic rings. The van der Waals surface area contributed by atoms with Gasteiger partial charge >= 0.3 is 0 Å². The fraction of sp³-hybridized carbons (Fsp3) is 0.100. The molecule has 138 valence electrons. The van der Waals surface area contributed by atoms with Crippen molar-refractivity contribution in [1.82, 2.24) is 4.98 Å². The van der Waals surface area contributed by atoms with E-state index in [9.17, 15) is 13.2 Å². The summed E-state index contributed by atoms with van der Waals surface area (Å²) < 4.78 is 26.7. The fourth-order valence-corrected chi connectivity index (χ4v) is 3.70. The number of aromatic nitrogens is 1. The van der Waals surface area contributed by atoms with E-state index < -0.39 is 10.0 Å². The number of carbonyl (C=O) groups excluding carboxylic acids is 1. The molecule has 27 heavy (non-hydrogen) atoms. The Morgan fingerprint density at radius 1 is 0.963 bits per heavy atom. The summed E-state index contributed by atoms with van der Waals surface area (Å²) in [6, 6.07) is 18.3. The minimum absolute atomic E-state index is 0.111. The number of hydrogen-bond donors (Lipinski definition) is 1. The molecular formula is C20H19N3O3S. The summed E-state index contributed by atoms with van der Waals surface area (Å²) in [5.74, 6) is 0.125. The molecule has 6 nitrogen and oxygen atoms in total. The molecule has 1 heterocycles. The number of nitrogens with zero attached hydrogens (tertiary/aromatic N) is 2. The first kappa shape index (κ1) is 18.6. The van der Waals surface area contributed by atoms with E-state index in [1.807, 2.05) is 19.1 Å². The molecule has 0 spiro atoms. The molecule has 0 bridgehead atoms. The van der Waals surface area contributed by atoms with E-state index in [1.165, 1.54) is 35.6 Å². The van der Waals surface area contributed by atoms with Crippen molar-refractivity contribution in [1.29, 1.82) is 0 Å². The van der Waals surface area contributed by atoms with Gasteiger partial charge in [-0.25, -0.2) is 13.4 Å². The number of anilines is 2. The van der Waals surface area contributed by atoms with Crippen molar-refractivity contribution >= 4 is 27.4 Å². The van der Waals surface area contributed by atoms with Crippen LogP contribution in [0.15, 0.2) is 77.8 Å². The minimum atomic E-state index is -3.71. The highest BCUT2D eigenvalue weighted by atomic mass is 32.2. The smallest absolute Gasteiger partial charge is 0.264 e. The third kappa shape index (κ3) is 3.98. The van der Waals surface area contributed by atoms with Gasteiger partial charge in [0.1, 0.15) is 5.82 Å². The highest BCUT2D eigenvalue weighted by Gasteiger charge is 2.21. The van der Waals surface area contributed by atoms with E-state index in [2.05, 4.69) is 10.3 Å². The van der Waals surface area contributed by atoms with Crippen molar-refractivity contribution in [2.24, 2.45) is 0 Å². The lowest BCUT2D eigenvalue weighted by molar-refractivity contribution is 0.102. The number of rotatable bonds is 5. The quantitative estimate of drug-likeness (QED) is 0.734. The van der Waals surface area contributed by atoms with Gasteiger partial charge in [-0.1, -0.05) is 24.3 Å². The number of hydrogen-bond acceptors (Lipinski definition) is 4. The van der Waals surface area contributed by atoms with E-state index in [0.29, 0.717) is 17.1 Å². The molecule has 0 atom stereocenters. The number of nitrogens with one attached hydrogen (secondary N) is 1. The van der Waals surface area contributed by atoms with Gasteiger partial charge in [0.15, 0.2) is 0 Å². The summed E-state index contributed by atoms with van der Waals surface area (Å²) in [5, 5.41) is 2.72. The van der Waals surface area contributed by atoms with E-state index >= 15 is 0 Å². The molecule has 0 fully saturated rings. The van der Waals surface area contributed by atoms with Gasteiger partial charge in [-0.2, -0.15) is 0 Å². The summed E-state index contributed by atoms with van der Waals surface area (Å²) in [4.78, 5) is 16.6. The van der Waals surface area contributed by atoms with Crippen LogP contribution in [0.2, 0.25) is 0 Å². The van der Waals surface area contributed by atoms with Gasteiger partial charge < -0.3 is 5.32 Å². The minimum Gasteiger partial charge on any atom is -0.306 e. The van der Waals surface area contributed by atoms with Crippen molar-refractivity contribution in [2.75, 3.05) is 16.7 Å². The maximum Gasteiger partial charge on any atom is 0.264 e. The second-order valence-corrected chi connectivity index (χ2v) is 7.92. The molecule has 0 aliphatic carbocycles. The molecule has 0 aliphatic rings. The van der Waals surface area contributed by atoms with Crippen LogP contribution < -0.4 is 9.62 Å². The van der Waals surface area contributed by atoms with Gasteiger partial charge in [-0.15, -0.1) is 0 Å². The van der Waals surface area contributed by atoms with Crippen molar-refractivity contribution < 1.29 is 13.2 Å². The number of benzene rings is 2. The Balaban J connectivity index is 1.80. The molecule has 0 aliphatic heterocycles. The Labute approximate surface area is 158 Å². The van der Waals surface area contributed by atoms with Gasteiger partial charge in [-0.3, -0.25) is 9.10 Å². The number of para-hydroxylation sites is 1. The van der Waals surface area contributed by atoms with E-state index in [4.69, 9.17) is 0 Å². The number of amides is 1. The summed E-state index contributed by atoms with van der Waals surface area (Å²) in [7, 11) is -2.22. The summed E-state index contributed by atoms with van der Waals surface area (Å²) in [5.41, 5.74) is 1.75. The molecular weight excluding hydrogens is 362 g/mol. The summed E-state index contributed by atoms with van der Waals surface area (Å²) in [6.07, 6.45) is 1.59. The second kappa shape index (κ2) is 7.59. The SMILES string of the molecule is Cc1cccnc1NC(=O)c1ccc(S(=O)(=O)N(C)c2ccccc2)cc1. The van der Waals surface area contributed by atoms with Crippen molar-refractivity contribution in [2.45, 2.75) is 11.8 Å². The first-order valence-corrected chi connectivity index (χ1v) is 9.70. The number of pyridine rings is 1. The number of aryl methyl sites for hydroxylation is 1. The third-order valence-electron chi connectivity index (χ3n) is 4.14. The first-order valence-electron chi connectivity index (χ1n) is 8.26. The van der Waals surface area contributed by atoms with Crippen LogP contribution in [-0.2, 0) is 10.0 Å². The van der Waals surface area contributed by atoms with Crippen LogP contribution in [0.25, 0.3) is 0 Å². The standard InChI is InChI=1S/C20H19N3O3S/c1-15-7-6-14-21-19(15)22-20(24)16-10-12-18(13-11-16)27(25,26)23(2)17-8-4-3-5-9-17/h3-14H,1-2H3,(H,21,22,24). The topological polar surface area (TPSA) is 79.4 Å². The molecule has 0 saturated carbocycles. The van der Waals surface area contributed by atoms with Crippen LogP contribution >= 0.6 is 0 Å². The maximum atomic E-state index is 12.8. The van der Waals surface area contributed by atoms with E-state index in [-0.39, 0.29) is 10.8 Å². The van der Waals surface area contributed by atoms with E-state index in [1.54, 1.807) is 36.5 Å². The lowest BCUT2D eigenvalue weighted by Crippen LogP contribution is -2.26. The molecule has 2 aromatic carbocycles. The van der Waals surface area contributed by atoms with Gasteiger partial charge in [0.25, 0.3) is 15.9 Å². The molecule has 1 N–H and O–H groups in total. The molecule has 3 rings (SSSR count). The predicted octanol–water partition coefficient (Wildman–Crippen LogP) is 3.47. The predicted molar refractivity (Wildman–Crippen MR) is 105 cm³/mol. The Hall–Kier alpha value is -3.19. The molecule has 0 saturated heterocycles. The Bertz CT molecular complexity index is 1050. The van der Waals surface area contributed by atoms with Crippen LogP contribution in [0.3, 0.4) is 0 Å². The van der Waals surface area contributed by atoms with Gasteiger partial charge in [-0.05, 0) is 55.0 Å². The Kier molecular flexibility index (Phi) is 5.23. The second-order valence-electron chi connectivity index (χ2n) is 5.96.